The quantitative estimate of drug-likeness (QED) is 0.874. The maximum absolute atomic E-state index is 9.85. The molecule has 0 saturated heterocycles. The van der Waals surface area contributed by atoms with E-state index in [2.05, 4.69) is 27.4 Å². The van der Waals surface area contributed by atoms with Gasteiger partial charge < -0.3 is 5.11 Å². The van der Waals surface area contributed by atoms with E-state index in [-0.39, 0.29) is 6.10 Å². The molecule has 14 heavy (non-hydrogen) atoms. The van der Waals surface area contributed by atoms with Gasteiger partial charge in [-0.25, -0.2) is 0 Å². The van der Waals surface area contributed by atoms with Crippen molar-refractivity contribution in [1.29, 1.82) is 0 Å². The number of aliphatic hydroxyl groups is 1. The van der Waals surface area contributed by atoms with E-state index in [1.165, 1.54) is 28.6 Å². The molecule has 1 aliphatic rings. The highest BCUT2D eigenvalue weighted by molar-refractivity contribution is 9.11. The zero-order chi connectivity index (χ0) is 9.97. The smallest absolute Gasteiger partial charge is 0.0730 e. The van der Waals surface area contributed by atoms with Crippen LogP contribution in [0.5, 0.6) is 0 Å². The maximum Gasteiger partial charge on any atom is 0.0730 e. The third kappa shape index (κ3) is 2.38. The van der Waals surface area contributed by atoms with Gasteiger partial charge in [0, 0.05) is 0 Å². The van der Waals surface area contributed by atoms with E-state index in [9.17, 15) is 5.11 Å². The molecule has 1 aliphatic carbocycles. The lowest BCUT2D eigenvalue weighted by Crippen LogP contribution is -2.26. The summed E-state index contributed by atoms with van der Waals surface area (Å²) in [5.41, 5.74) is 1.36. The van der Waals surface area contributed by atoms with E-state index in [0.29, 0.717) is 5.92 Å². The summed E-state index contributed by atoms with van der Waals surface area (Å²) in [6, 6.07) is 2.16. The molecule has 0 aliphatic heterocycles. The molecule has 0 radical (unpaired) electrons. The third-order valence-electron chi connectivity index (χ3n) is 3.04. The third-order valence-corrected chi connectivity index (χ3v) is 4.86. The van der Waals surface area contributed by atoms with Gasteiger partial charge >= 0.3 is 0 Å². The van der Waals surface area contributed by atoms with Crippen LogP contribution >= 0.6 is 27.3 Å². The zero-order valence-corrected chi connectivity index (χ0v) is 10.5. The van der Waals surface area contributed by atoms with E-state index < -0.39 is 0 Å². The second kappa shape index (κ2) is 4.77. The van der Waals surface area contributed by atoms with Gasteiger partial charge in [0.1, 0.15) is 0 Å². The predicted molar refractivity (Wildman–Crippen MR) is 63.7 cm³/mol. The van der Waals surface area contributed by atoms with Crippen molar-refractivity contribution >= 4 is 27.3 Å². The molecule has 2 unspecified atom stereocenters. The van der Waals surface area contributed by atoms with Crippen LogP contribution in [-0.2, 0) is 6.42 Å². The molecule has 2 atom stereocenters. The summed E-state index contributed by atoms with van der Waals surface area (Å²) in [7, 11) is 0. The fourth-order valence-electron chi connectivity index (χ4n) is 2.17. The summed E-state index contributed by atoms with van der Waals surface area (Å²) < 4.78 is 1.23. The molecule has 1 aromatic rings. The van der Waals surface area contributed by atoms with E-state index in [4.69, 9.17) is 0 Å². The van der Waals surface area contributed by atoms with Crippen molar-refractivity contribution < 1.29 is 5.11 Å². The number of rotatable bonds is 2. The second-order valence-corrected chi connectivity index (χ2v) is 6.27. The summed E-state index contributed by atoms with van der Waals surface area (Å²) in [6.45, 7) is 0. The van der Waals surface area contributed by atoms with Crippen molar-refractivity contribution in [2.45, 2.75) is 38.2 Å². The highest BCUT2D eigenvalue weighted by Gasteiger charge is 2.23. The van der Waals surface area contributed by atoms with E-state index >= 15 is 0 Å². The van der Waals surface area contributed by atoms with Gasteiger partial charge in [-0.15, -0.1) is 11.3 Å². The van der Waals surface area contributed by atoms with Crippen molar-refractivity contribution in [3.05, 3.63) is 20.8 Å². The average Bonchev–Trinajstić information content (AvgIpc) is 2.56. The second-order valence-electron chi connectivity index (χ2n) is 4.04. The average molecular weight is 275 g/mol. The first-order valence-corrected chi connectivity index (χ1v) is 6.84. The Balaban J connectivity index is 1.99. The lowest BCUT2D eigenvalue weighted by Gasteiger charge is -2.27. The number of hydrogen-bond acceptors (Lipinski definition) is 2. The molecule has 2 rings (SSSR count). The Kier molecular flexibility index (Phi) is 3.63. The van der Waals surface area contributed by atoms with E-state index in [1.54, 1.807) is 11.3 Å². The monoisotopic (exact) mass is 274 g/mol. The minimum absolute atomic E-state index is 0.0736. The Morgan fingerprint density at radius 3 is 2.86 bits per heavy atom. The van der Waals surface area contributed by atoms with Crippen LogP contribution in [0.3, 0.4) is 0 Å². The van der Waals surface area contributed by atoms with Crippen LogP contribution in [-0.4, -0.2) is 11.2 Å². The molecule has 78 valence electrons. The Hall–Kier alpha value is 0.140. The van der Waals surface area contributed by atoms with E-state index in [0.717, 1.165) is 12.8 Å². The van der Waals surface area contributed by atoms with Gasteiger partial charge in [-0.3, -0.25) is 0 Å². The van der Waals surface area contributed by atoms with Crippen molar-refractivity contribution in [2.24, 2.45) is 5.92 Å². The molecule has 0 aromatic carbocycles. The van der Waals surface area contributed by atoms with Gasteiger partial charge in [0.15, 0.2) is 0 Å². The first kappa shape index (κ1) is 10.7. The summed E-state index contributed by atoms with van der Waals surface area (Å²) in [6.07, 6.45) is 5.61. The Bertz CT molecular complexity index is 297. The van der Waals surface area contributed by atoms with E-state index in [1.807, 2.05) is 0 Å². The van der Waals surface area contributed by atoms with Crippen molar-refractivity contribution in [3.8, 4) is 0 Å². The van der Waals surface area contributed by atoms with Crippen LogP contribution in [0.15, 0.2) is 15.2 Å². The van der Waals surface area contributed by atoms with Gasteiger partial charge in [0.05, 0.1) is 9.89 Å². The molecule has 1 saturated carbocycles. The summed E-state index contributed by atoms with van der Waals surface area (Å²) in [4.78, 5) is 0. The Morgan fingerprint density at radius 1 is 1.43 bits per heavy atom. The van der Waals surface area contributed by atoms with Gasteiger partial charge in [0.2, 0.25) is 0 Å². The van der Waals surface area contributed by atoms with Crippen LogP contribution in [0.4, 0.5) is 0 Å². The molecule has 1 heterocycles. The Labute approximate surface area is 97.3 Å². The van der Waals surface area contributed by atoms with Gasteiger partial charge in [-0.2, -0.15) is 0 Å². The maximum atomic E-state index is 9.85. The minimum Gasteiger partial charge on any atom is -0.393 e. The molecule has 1 N–H and O–H groups in total. The molecule has 1 nitrogen and oxygen atoms in total. The fourth-order valence-corrected chi connectivity index (χ4v) is 3.45. The lowest BCUT2D eigenvalue weighted by atomic mass is 9.83. The topological polar surface area (TPSA) is 20.2 Å². The molecule has 0 spiro atoms. The molecular formula is C11H15BrOS. The highest BCUT2D eigenvalue weighted by Crippen LogP contribution is 2.31. The number of hydrogen-bond donors (Lipinski definition) is 1. The predicted octanol–water partition coefficient (Wildman–Crippen LogP) is 3.60. The highest BCUT2D eigenvalue weighted by atomic mass is 79.9. The van der Waals surface area contributed by atoms with Gasteiger partial charge in [-0.1, -0.05) is 12.8 Å². The van der Waals surface area contributed by atoms with Crippen LogP contribution in [0.1, 0.15) is 31.2 Å². The molecule has 1 aromatic heterocycles. The fraction of sp³-hybridized carbons (Fsp3) is 0.636. The first-order valence-electron chi connectivity index (χ1n) is 5.17. The van der Waals surface area contributed by atoms with Crippen LogP contribution in [0.25, 0.3) is 0 Å². The first-order chi connectivity index (χ1) is 6.77. The van der Waals surface area contributed by atoms with Crippen LogP contribution in [0.2, 0.25) is 0 Å². The normalized spacial score (nSPS) is 27.9. The minimum atomic E-state index is -0.0736. The van der Waals surface area contributed by atoms with Gasteiger partial charge in [0.25, 0.3) is 0 Å². The van der Waals surface area contributed by atoms with Crippen molar-refractivity contribution in [3.63, 3.8) is 0 Å². The molecular weight excluding hydrogens is 260 g/mol. The largest absolute Gasteiger partial charge is 0.393 e. The molecule has 0 bridgehead atoms. The zero-order valence-electron chi connectivity index (χ0n) is 8.08. The van der Waals surface area contributed by atoms with Crippen LogP contribution < -0.4 is 0 Å². The summed E-state index contributed by atoms with van der Waals surface area (Å²) >= 11 is 5.28. The standard InChI is InChI=1S/C11H15BrOS/c12-11-9(5-6-14-11)7-8-3-1-2-4-10(8)13/h5-6,8,10,13H,1-4,7H2. The van der Waals surface area contributed by atoms with Crippen molar-refractivity contribution in [1.82, 2.24) is 0 Å². The van der Waals surface area contributed by atoms with Crippen LogP contribution in [0, 0.1) is 5.92 Å². The molecule has 3 heteroatoms. The number of aliphatic hydroxyl groups excluding tert-OH is 1. The van der Waals surface area contributed by atoms with Gasteiger partial charge in [-0.05, 0) is 58.1 Å². The summed E-state index contributed by atoms with van der Waals surface area (Å²) in [5, 5.41) is 12.0. The lowest BCUT2D eigenvalue weighted by molar-refractivity contribution is 0.0700. The SMILES string of the molecule is OC1CCCCC1Cc1ccsc1Br. The Morgan fingerprint density at radius 2 is 2.21 bits per heavy atom. The molecule has 0 amide bonds. The molecule has 1 fully saturated rings. The number of thiophene rings is 1. The van der Waals surface area contributed by atoms with Crippen molar-refractivity contribution in [2.75, 3.05) is 0 Å². The summed E-state index contributed by atoms with van der Waals surface area (Å²) in [5.74, 6) is 0.481. The number of halogens is 1.